The maximum absolute atomic E-state index is 12.6. The van der Waals surface area contributed by atoms with E-state index in [-0.39, 0.29) is 17.6 Å². The molecular formula is C24H21N3O2S2. The van der Waals surface area contributed by atoms with Gasteiger partial charge in [0.25, 0.3) is 5.91 Å². The first kappa shape index (κ1) is 21.1. The third kappa shape index (κ3) is 5.31. The average molecular weight is 448 g/mol. The minimum Gasteiger partial charge on any atom is -0.325 e. The summed E-state index contributed by atoms with van der Waals surface area (Å²) in [7, 11) is 0. The fourth-order valence-electron chi connectivity index (χ4n) is 3.03. The number of rotatable bonds is 6. The molecule has 0 fully saturated rings. The number of fused-ring (bicyclic) bond motifs is 1. The topological polar surface area (TPSA) is 71.1 Å². The fraction of sp³-hybridized carbons (Fsp3) is 0.125. The van der Waals surface area contributed by atoms with Crippen LogP contribution >= 0.6 is 23.1 Å². The maximum Gasteiger partial charge on any atom is 0.255 e. The zero-order valence-electron chi connectivity index (χ0n) is 17.1. The van der Waals surface area contributed by atoms with Crippen LogP contribution in [0.1, 0.15) is 21.5 Å². The average Bonchev–Trinajstić information content (AvgIpc) is 3.16. The number of aryl methyl sites for hydroxylation is 2. The second-order valence-electron chi connectivity index (χ2n) is 7.13. The lowest BCUT2D eigenvalue weighted by atomic mass is 10.1. The first-order chi connectivity index (χ1) is 15.0. The minimum atomic E-state index is -0.135. The molecule has 31 heavy (non-hydrogen) atoms. The van der Waals surface area contributed by atoms with E-state index in [1.165, 1.54) is 23.1 Å². The summed E-state index contributed by atoms with van der Waals surface area (Å²) in [6, 6.07) is 20.9. The van der Waals surface area contributed by atoms with Crippen LogP contribution in [0.5, 0.6) is 0 Å². The van der Waals surface area contributed by atoms with Crippen molar-refractivity contribution in [1.29, 1.82) is 0 Å². The molecule has 3 aromatic carbocycles. The fourth-order valence-corrected chi connectivity index (χ4v) is 4.94. The summed E-state index contributed by atoms with van der Waals surface area (Å²) in [4.78, 5) is 29.4. The molecule has 2 N–H and O–H groups in total. The Labute approximate surface area is 188 Å². The zero-order valence-corrected chi connectivity index (χ0v) is 18.8. The van der Waals surface area contributed by atoms with Gasteiger partial charge in [-0.3, -0.25) is 9.59 Å². The highest BCUT2D eigenvalue weighted by Crippen LogP contribution is 2.31. The number of nitrogens with zero attached hydrogens (tertiary/aromatic N) is 1. The number of thioether (sulfide) groups is 1. The van der Waals surface area contributed by atoms with Gasteiger partial charge < -0.3 is 10.6 Å². The molecule has 0 aliphatic heterocycles. The summed E-state index contributed by atoms with van der Waals surface area (Å²) in [5.74, 6) is 0.0773. The number of carbonyl (C=O) groups excluding carboxylic acids is 2. The molecule has 0 aliphatic rings. The Balaban J connectivity index is 1.39. The summed E-state index contributed by atoms with van der Waals surface area (Å²) in [6.45, 7) is 3.92. The third-order valence-corrected chi connectivity index (χ3v) is 6.84. The molecule has 1 aromatic heterocycles. The van der Waals surface area contributed by atoms with E-state index in [2.05, 4.69) is 15.6 Å². The van der Waals surface area contributed by atoms with E-state index in [1.807, 2.05) is 80.6 Å². The lowest BCUT2D eigenvalue weighted by Gasteiger charge is -2.07. The van der Waals surface area contributed by atoms with Crippen molar-refractivity contribution in [2.75, 3.05) is 16.4 Å². The summed E-state index contributed by atoms with van der Waals surface area (Å²) < 4.78 is 1.78. The van der Waals surface area contributed by atoms with E-state index in [1.54, 1.807) is 0 Å². The number of hydrogen-bond acceptors (Lipinski definition) is 5. The van der Waals surface area contributed by atoms with Gasteiger partial charge in [0, 0.05) is 16.9 Å². The number of aromatic nitrogens is 1. The van der Waals surface area contributed by atoms with Crippen molar-refractivity contribution in [1.82, 2.24) is 4.98 Å². The molecule has 0 spiro atoms. The minimum absolute atomic E-state index is 0.0701. The molecule has 2 amide bonds. The Morgan fingerprint density at radius 2 is 1.68 bits per heavy atom. The highest BCUT2D eigenvalue weighted by molar-refractivity contribution is 8.01. The van der Waals surface area contributed by atoms with Crippen molar-refractivity contribution < 1.29 is 9.59 Å². The number of amides is 2. The number of thiazole rings is 1. The van der Waals surface area contributed by atoms with E-state index < -0.39 is 0 Å². The molecule has 156 valence electrons. The summed E-state index contributed by atoms with van der Waals surface area (Å²) in [6.07, 6.45) is 0. The Kier molecular flexibility index (Phi) is 6.34. The van der Waals surface area contributed by atoms with Crippen molar-refractivity contribution in [3.05, 3.63) is 83.4 Å². The second-order valence-corrected chi connectivity index (χ2v) is 9.39. The van der Waals surface area contributed by atoms with Crippen LogP contribution in [0.25, 0.3) is 10.2 Å². The van der Waals surface area contributed by atoms with Gasteiger partial charge in [-0.15, -0.1) is 11.3 Å². The number of hydrogen-bond donors (Lipinski definition) is 2. The first-order valence-electron chi connectivity index (χ1n) is 9.75. The van der Waals surface area contributed by atoms with Gasteiger partial charge in [-0.2, -0.15) is 0 Å². The zero-order chi connectivity index (χ0) is 21.8. The van der Waals surface area contributed by atoms with Gasteiger partial charge in [-0.1, -0.05) is 47.7 Å². The molecule has 0 atom stereocenters. The van der Waals surface area contributed by atoms with E-state index in [4.69, 9.17) is 0 Å². The van der Waals surface area contributed by atoms with Crippen LogP contribution in [0.4, 0.5) is 11.4 Å². The molecular weight excluding hydrogens is 426 g/mol. The van der Waals surface area contributed by atoms with Crippen molar-refractivity contribution in [2.24, 2.45) is 0 Å². The molecule has 1 heterocycles. The monoisotopic (exact) mass is 447 g/mol. The van der Waals surface area contributed by atoms with Crippen molar-refractivity contribution in [3.8, 4) is 0 Å². The van der Waals surface area contributed by atoms with E-state index in [9.17, 15) is 9.59 Å². The Bertz CT molecular complexity index is 1250. The highest BCUT2D eigenvalue weighted by Gasteiger charge is 2.11. The van der Waals surface area contributed by atoms with Crippen LogP contribution in [-0.2, 0) is 4.79 Å². The molecule has 0 saturated heterocycles. The second kappa shape index (κ2) is 9.32. The molecule has 0 bridgehead atoms. The van der Waals surface area contributed by atoms with Crippen LogP contribution in [0.15, 0.2) is 71.1 Å². The van der Waals surface area contributed by atoms with Gasteiger partial charge >= 0.3 is 0 Å². The van der Waals surface area contributed by atoms with Crippen LogP contribution in [0.3, 0.4) is 0 Å². The molecule has 0 saturated carbocycles. The Morgan fingerprint density at radius 1 is 0.935 bits per heavy atom. The smallest absolute Gasteiger partial charge is 0.255 e. The number of anilines is 2. The summed E-state index contributed by atoms with van der Waals surface area (Å²) in [5, 5.41) is 5.84. The molecule has 0 aliphatic carbocycles. The molecule has 0 radical (unpaired) electrons. The van der Waals surface area contributed by atoms with Crippen molar-refractivity contribution in [3.63, 3.8) is 0 Å². The predicted molar refractivity (Wildman–Crippen MR) is 129 cm³/mol. The van der Waals surface area contributed by atoms with Gasteiger partial charge in [0.2, 0.25) is 5.91 Å². The molecule has 7 heteroatoms. The lowest BCUT2D eigenvalue weighted by molar-refractivity contribution is -0.113. The SMILES string of the molecule is Cc1ccc(NC(=O)CSc2nc3ccc(NC(=O)c4ccccc4C)cc3s2)cc1. The van der Waals surface area contributed by atoms with Crippen LogP contribution in [0.2, 0.25) is 0 Å². The van der Waals surface area contributed by atoms with Crippen LogP contribution in [0, 0.1) is 13.8 Å². The van der Waals surface area contributed by atoms with Gasteiger partial charge in [-0.25, -0.2) is 4.98 Å². The van der Waals surface area contributed by atoms with E-state index in [0.717, 1.165) is 37.1 Å². The quantitative estimate of drug-likeness (QED) is 0.361. The molecule has 4 aromatic rings. The maximum atomic E-state index is 12.6. The molecule has 5 nitrogen and oxygen atoms in total. The Hall–Kier alpha value is -3.16. The van der Waals surface area contributed by atoms with Crippen LogP contribution < -0.4 is 10.6 Å². The normalized spacial score (nSPS) is 10.8. The van der Waals surface area contributed by atoms with Crippen molar-refractivity contribution >= 4 is 56.5 Å². The number of carbonyl (C=O) groups is 2. The summed E-state index contributed by atoms with van der Waals surface area (Å²) >= 11 is 2.91. The standard InChI is InChI=1S/C24H21N3O2S2/c1-15-7-9-17(10-8-15)25-22(28)14-30-24-27-20-12-11-18(13-21(20)31-24)26-23(29)19-6-4-3-5-16(19)2/h3-13H,14H2,1-2H3,(H,25,28)(H,26,29). The van der Waals surface area contributed by atoms with Crippen molar-refractivity contribution in [2.45, 2.75) is 18.2 Å². The van der Waals surface area contributed by atoms with E-state index >= 15 is 0 Å². The highest BCUT2D eigenvalue weighted by atomic mass is 32.2. The first-order valence-corrected chi connectivity index (χ1v) is 11.5. The lowest BCUT2D eigenvalue weighted by Crippen LogP contribution is -2.13. The number of nitrogens with one attached hydrogen (secondary N) is 2. The van der Waals surface area contributed by atoms with Gasteiger partial charge in [0.1, 0.15) is 0 Å². The van der Waals surface area contributed by atoms with Gasteiger partial charge in [0.05, 0.1) is 16.0 Å². The third-order valence-electron chi connectivity index (χ3n) is 4.68. The molecule has 4 rings (SSSR count). The summed E-state index contributed by atoms with van der Waals surface area (Å²) in [5.41, 5.74) is 5.09. The van der Waals surface area contributed by atoms with Gasteiger partial charge in [0.15, 0.2) is 4.34 Å². The van der Waals surface area contributed by atoms with E-state index in [0.29, 0.717) is 5.56 Å². The Morgan fingerprint density at radius 3 is 2.45 bits per heavy atom. The largest absolute Gasteiger partial charge is 0.325 e. The predicted octanol–water partition coefficient (Wildman–Crippen LogP) is 5.90. The molecule has 0 unspecified atom stereocenters. The number of benzene rings is 3. The van der Waals surface area contributed by atoms with Gasteiger partial charge in [-0.05, 0) is 55.8 Å². The van der Waals surface area contributed by atoms with Crippen LogP contribution in [-0.4, -0.2) is 22.6 Å².